The molecule has 0 fully saturated rings. The van der Waals surface area contributed by atoms with Crippen LogP contribution in [0.25, 0.3) is 0 Å². The summed E-state index contributed by atoms with van der Waals surface area (Å²) < 4.78 is 85.8. The fourth-order valence-corrected chi connectivity index (χ4v) is 1.99. The van der Waals surface area contributed by atoms with Crippen molar-refractivity contribution in [3.8, 4) is 5.75 Å². The van der Waals surface area contributed by atoms with Gasteiger partial charge in [-0.05, 0) is 11.0 Å². The molecule has 3 N–H and O–H groups in total. The number of carbonyl (C=O) groups excluding carboxylic acids is 1. The highest BCUT2D eigenvalue weighted by atomic mass is 31.1. The van der Waals surface area contributed by atoms with E-state index in [9.17, 15) is 31.3 Å². The predicted octanol–water partition coefficient (Wildman–Crippen LogP) is 2.49. The lowest BCUT2D eigenvalue weighted by atomic mass is 10.2. The summed E-state index contributed by atoms with van der Waals surface area (Å²) in [6.45, 7) is 3.47. The molecule has 24 heavy (non-hydrogen) atoms. The minimum Gasteiger partial charge on any atom is -0.463 e. The average molecular weight is 375 g/mol. The molecule has 0 saturated carbocycles. The van der Waals surface area contributed by atoms with Crippen LogP contribution in [-0.4, -0.2) is 18.7 Å². The van der Waals surface area contributed by atoms with E-state index in [1.54, 1.807) is 18.9 Å². The second-order valence-electron chi connectivity index (χ2n) is 4.88. The quantitative estimate of drug-likeness (QED) is 0.190. The van der Waals surface area contributed by atoms with Crippen molar-refractivity contribution in [2.24, 2.45) is 11.7 Å². The van der Waals surface area contributed by atoms with Crippen molar-refractivity contribution in [1.82, 2.24) is 5.09 Å². The molecule has 1 unspecified atom stereocenters. The van der Waals surface area contributed by atoms with Crippen molar-refractivity contribution in [3.05, 3.63) is 29.1 Å². The maximum absolute atomic E-state index is 13.3. The molecule has 0 aliphatic rings. The number of hydrogen-bond acceptors (Lipinski definition) is 5. The Kier molecular flexibility index (Phi) is 7.00. The van der Waals surface area contributed by atoms with Crippen molar-refractivity contribution in [2.45, 2.75) is 20.0 Å². The number of hydrogen-bond donors (Lipinski definition) is 2. The van der Waals surface area contributed by atoms with Gasteiger partial charge in [-0.3, -0.25) is 0 Å². The van der Waals surface area contributed by atoms with E-state index in [-0.39, 0.29) is 12.5 Å². The standard InChI is InChI=1S/C12H13F5N2O4P/c1-4(2)3-22-12(20)11(18)19-24(21)23-10-8(16)6(14)5(13)7(15)9(10)17/h4,11H,3,18H2,1-2H3,(H,19,21)/q+1/t11-/m1/s1. The van der Waals surface area contributed by atoms with Crippen LogP contribution in [0.4, 0.5) is 22.0 Å². The maximum Gasteiger partial charge on any atom is 0.666 e. The highest BCUT2D eigenvalue weighted by molar-refractivity contribution is 7.37. The van der Waals surface area contributed by atoms with Crippen LogP contribution in [0.3, 0.4) is 0 Å². The van der Waals surface area contributed by atoms with Gasteiger partial charge in [-0.25, -0.2) is 22.5 Å². The lowest BCUT2D eigenvalue weighted by Gasteiger charge is -2.09. The zero-order valence-electron chi connectivity index (χ0n) is 12.4. The first-order chi connectivity index (χ1) is 11.1. The molecule has 0 aliphatic heterocycles. The van der Waals surface area contributed by atoms with Gasteiger partial charge in [-0.1, -0.05) is 13.8 Å². The second kappa shape index (κ2) is 8.32. The van der Waals surface area contributed by atoms with Crippen molar-refractivity contribution in [2.75, 3.05) is 6.61 Å². The van der Waals surface area contributed by atoms with Gasteiger partial charge in [0, 0.05) is 4.57 Å². The molecule has 0 aromatic heterocycles. The smallest absolute Gasteiger partial charge is 0.463 e. The van der Waals surface area contributed by atoms with Crippen LogP contribution in [0.1, 0.15) is 13.8 Å². The Hall–Kier alpha value is -1.84. The van der Waals surface area contributed by atoms with Crippen LogP contribution in [0.15, 0.2) is 0 Å². The highest BCUT2D eigenvalue weighted by Gasteiger charge is 2.35. The first kappa shape index (κ1) is 20.2. The van der Waals surface area contributed by atoms with Gasteiger partial charge in [0.15, 0.2) is 0 Å². The molecular formula is C12H13F5N2O4P+. The van der Waals surface area contributed by atoms with Crippen LogP contribution in [0, 0.1) is 35.0 Å². The van der Waals surface area contributed by atoms with Gasteiger partial charge in [-0.2, -0.15) is 8.78 Å². The van der Waals surface area contributed by atoms with Gasteiger partial charge in [0.2, 0.25) is 35.3 Å². The first-order valence-electron chi connectivity index (χ1n) is 6.41. The number of nitrogens with one attached hydrogen (secondary N) is 1. The van der Waals surface area contributed by atoms with Gasteiger partial charge in [0.05, 0.1) is 6.61 Å². The van der Waals surface area contributed by atoms with E-state index in [0.29, 0.717) is 0 Å². The van der Waals surface area contributed by atoms with Gasteiger partial charge in [-0.15, -0.1) is 0 Å². The van der Waals surface area contributed by atoms with Gasteiger partial charge < -0.3 is 10.5 Å². The van der Waals surface area contributed by atoms with Crippen LogP contribution >= 0.6 is 8.18 Å². The Labute approximate surface area is 134 Å². The van der Waals surface area contributed by atoms with Crippen LogP contribution in [0.5, 0.6) is 5.75 Å². The van der Waals surface area contributed by atoms with E-state index in [4.69, 9.17) is 5.73 Å². The summed E-state index contributed by atoms with van der Waals surface area (Å²) in [7, 11) is -3.28. The summed E-state index contributed by atoms with van der Waals surface area (Å²) in [5, 5.41) is 1.78. The van der Waals surface area contributed by atoms with Gasteiger partial charge in [0.1, 0.15) is 0 Å². The largest absolute Gasteiger partial charge is 0.666 e. The predicted molar refractivity (Wildman–Crippen MR) is 71.4 cm³/mol. The lowest BCUT2D eigenvalue weighted by molar-refractivity contribution is -0.146. The molecule has 0 saturated heterocycles. The number of carbonyl (C=O) groups is 1. The monoisotopic (exact) mass is 375 g/mol. The Morgan fingerprint density at radius 2 is 1.54 bits per heavy atom. The number of halogens is 5. The Balaban J connectivity index is 2.81. The first-order valence-corrected chi connectivity index (χ1v) is 7.59. The number of rotatable bonds is 7. The molecule has 12 heteroatoms. The number of nitrogens with two attached hydrogens (primary N) is 1. The summed E-state index contributed by atoms with van der Waals surface area (Å²) >= 11 is 0. The summed E-state index contributed by atoms with van der Waals surface area (Å²) in [4.78, 5) is 11.4. The molecular weight excluding hydrogens is 362 g/mol. The lowest BCUT2D eigenvalue weighted by Crippen LogP contribution is -2.42. The van der Waals surface area contributed by atoms with E-state index in [0.717, 1.165) is 0 Å². The summed E-state index contributed by atoms with van der Waals surface area (Å²) in [6.07, 6.45) is -1.70. The van der Waals surface area contributed by atoms with Crippen molar-refractivity contribution >= 4 is 14.1 Å². The third-order valence-electron chi connectivity index (χ3n) is 2.40. The molecule has 0 spiro atoms. The van der Waals surface area contributed by atoms with Gasteiger partial charge in [0.25, 0.3) is 5.75 Å². The topological polar surface area (TPSA) is 90.6 Å². The van der Waals surface area contributed by atoms with Crippen LogP contribution < -0.4 is 15.3 Å². The Morgan fingerprint density at radius 3 is 2.00 bits per heavy atom. The van der Waals surface area contributed by atoms with Crippen LogP contribution in [0.2, 0.25) is 0 Å². The molecule has 6 nitrogen and oxygen atoms in total. The van der Waals surface area contributed by atoms with Crippen molar-refractivity contribution in [1.29, 1.82) is 0 Å². The number of esters is 1. The Morgan fingerprint density at radius 1 is 1.08 bits per heavy atom. The molecule has 0 amide bonds. The van der Waals surface area contributed by atoms with E-state index in [1.807, 2.05) is 0 Å². The maximum atomic E-state index is 13.3. The molecule has 134 valence electrons. The molecule has 1 rings (SSSR count). The van der Waals surface area contributed by atoms with Gasteiger partial charge >= 0.3 is 14.1 Å². The summed E-state index contributed by atoms with van der Waals surface area (Å²) in [5.74, 6) is -14.4. The second-order valence-corrected chi connectivity index (χ2v) is 5.83. The minimum absolute atomic E-state index is 0.00347. The molecule has 0 radical (unpaired) electrons. The number of ether oxygens (including phenoxy) is 1. The molecule has 1 aromatic carbocycles. The van der Waals surface area contributed by atoms with Crippen molar-refractivity contribution in [3.63, 3.8) is 0 Å². The SMILES string of the molecule is CC(C)COC(=O)[C@H](N)N[P+](=O)Oc1c(F)c(F)c(F)c(F)c1F. The van der Waals surface area contributed by atoms with E-state index in [2.05, 4.69) is 9.26 Å². The minimum atomic E-state index is -3.28. The molecule has 1 aromatic rings. The zero-order valence-corrected chi connectivity index (χ0v) is 13.3. The molecule has 2 atom stereocenters. The summed E-state index contributed by atoms with van der Waals surface area (Å²) in [6, 6.07) is 0. The normalized spacial score (nSPS) is 13.0. The third-order valence-corrected chi connectivity index (χ3v) is 3.24. The molecule has 0 heterocycles. The summed E-state index contributed by atoms with van der Waals surface area (Å²) in [5.41, 5.74) is 5.27. The highest BCUT2D eigenvalue weighted by Crippen LogP contribution is 2.33. The molecule has 0 bridgehead atoms. The third kappa shape index (κ3) is 4.83. The van der Waals surface area contributed by atoms with E-state index in [1.165, 1.54) is 0 Å². The fraction of sp³-hybridized carbons (Fsp3) is 0.417. The van der Waals surface area contributed by atoms with E-state index >= 15 is 0 Å². The van der Waals surface area contributed by atoms with E-state index < -0.39 is 55.1 Å². The molecule has 0 aliphatic carbocycles. The fourth-order valence-electron chi connectivity index (χ4n) is 1.28. The number of benzene rings is 1. The zero-order chi connectivity index (χ0) is 18.6. The average Bonchev–Trinajstić information content (AvgIpc) is 2.52. The van der Waals surface area contributed by atoms with Crippen LogP contribution in [-0.2, 0) is 14.1 Å². The van der Waals surface area contributed by atoms with Crippen molar-refractivity contribution < 1.29 is 40.6 Å². The Bertz CT molecular complexity index is 630.